The summed E-state index contributed by atoms with van der Waals surface area (Å²) in [4.78, 5) is 16.7. The molecule has 0 atom stereocenters. The Balaban J connectivity index is 2.27. The van der Waals surface area contributed by atoms with E-state index in [9.17, 15) is 4.79 Å². The largest absolute Gasteiger partial charge is 0.465 e. The highest BCUT2D eigenvalue weighted by Gasteiger charge is 2.14. The Kier molecular flexibility index (Phi) is 3.36. The molecule has 0 aliphatic heterocycles. The molecule has 0 radical (unpaired) electrons. The Morgan fingerprint density at radius 2 is 2.00 bits per heavy atom. The fourth-order valence-corrected chi connectivity index (χ4v) is 2.34. The summed E-state index contributed by atoms with van der Waals surface area (Å²) in [7, 11) is 3.34. The van der Waals surface area contributed by atoms with Crippen LogP contribution in [-0.4, -0.2) is 18.1 Å². The molecular weight excluding hydrogens is 264 g/mol. The SMILES string of the molecule is COC(=O)c1cc(-c2ccc[n+](C)c2)nc2ccccc12. The van der Waals surface area contributed by atoms with E-state index in [1.807, 2.05) is 60.4 Å². The predicted molar refractivity (Wildman–Crippen MR) is 79.7 cm³/mol. The lowest BCUT2D eigenvalue weighted by Crippen LogP contribution is -2.26. The van der Waals surface area contributed by atoms with Gasteiger partial charge in [-0.2, -0.15) is 0 Å². The quantitative estimate of drug-likeness (QED) is 0.535. The van der Waals surface area contributed by atoms with Gasteiger partial charge >= 0.3 is 5.97 Å². The topological polar surface area (TPSA) is 43.1 Å². The summed E-state index contributed by atoms with van der Waals surface area (Å²) >= 11 is 0. The van der Waals surface area contributed by atoms with Crippen LogP contribution in [0.15, 0.2) is 54.9 Å². The lowest BCUT2D eigenvalue weighted by atomic mass is 10.1. The highest BCUT2D eigenvalue weighted by Crippen LogP contribution is 2.24. The fourth-order valence-electron chi connectivity index (χ4n) is 2.34. The van der Waals surface area contributed by atoms with Crippen molar-refractivity contribution in [2.24, 2.45) is 7.05 Å². The summed E-state index contributed by atoms with van der Waals surface area (Å²) < 4.78 is 6.84. The van der Waals surface area contributed by atoms with Gasteiger partial charge in [0.15, 0.2) is 12.4 Å². The second-order valence-electron chi connectivity index (χ2n) is 4.82. The minimum Gasteiger partial charge on any atom is -0.465 e. The monoisotopic (exact) mass is 279 g/mol. The van der Waals surface area contributed by atoms with Crippen LogP contribution in [-0.2, 0) is 11.8 Å². The van der Waals surface area contributed by atoms with Crippen molar-refractivity contribution in [1.82, 2.24) is 4.98 Å². The molecule has 0 spiro atoms. The molecule has 2 heterocycles. The number of benzene rings is 1. The molecule has 0 amide bonds. The van der Waals surface area contributed by atoms with Crippen molar-refractivity contribution in [3.05, 3.63) is 60.4 Å². The number of hydrogen-bond acceptors (Lipinski definition) is 3. The average molecular weight is 279 g/mol. The van der Waals surface area contributed by atoms with Gasteiger partial charge < -0.3 is 4.74 Å². The normalized spacial score (nSPS) is 10.6. The standard InChI is InChI=1S/C17H15N2O2/c1-19-9-5-6-12(11-19)16-10-14(17(20)21-2)13-7-3-4-8-15(13)18-16/h3-11H,1-2H3/q+1. The lowest BCUT2D eigenvalue weighted by Gasteiger charge is -2.07. The van der Waals surface area contributed by atoms with Crippen LogP contribution in [0.25, 0.3) is 22.2 Å². The van der Waals surface area contributed by atoms with Gasteiger partial charge in [-0.15, -0.1) is 0 Å². The molecule has 4 nitrogen and oxygen atoms in total. The average Bonchev–Trinajstić information content (AvgIpc) is 2.53. The van der Waals surface area contributed by atoms with E-state index in [4.69, 9.17) is 4.74 Å². The molecule has 0 aliphatic carbocycles. The number of nitrogens with zero attached hydrogens (tertiary/aromatic N) is 2. The van der Waals surface area contributed by atoms with E-state index in [1.165, 1.54) is 7.11 Å². The van der Waals surface area contributed by atoms with Crippen molar-refractivity contribution >= 4 is 16.9 Å². The molecule has 0 N–H and O–H groups in total. The summed E-state index contributed by atoms with van der Waals surface area (Å²) in [5.74, 6) is -0.352. The number of aryl methyl sites for hydroxylation is 1. The van der Waals surface area contributed by atoms with Gasteiger partial charge in [-0.05, 0) is 18.2 Å². The van der Waals surface area contributed by atoms with E-state index >= 15 is 0 Å². The number of esters is 1. The zero-order chi connectivity index (χ0) is 14.8. The van der Waals surface area contributed by atoms with Crippen molar-refractivity contribution < 1.29 is 14.1 Å². The lowest BCUT2D eigenvalue weighted by molar-refractivity contribution is -0.671. The molecule has 1 aromatic carbocycles. The van der Waals surface area contributed by atoms with Crippen LogP contribution < -0.4 is 4.57 Å². The molecule has 104 valence electrons. The third-order valence-corrected chi connectivity index (χ3v) is 3.36. The van der Waals surface area contributed by atoms with Gasteiger partial charge in [0, 0.05) is 11.5 Å². The first-order chi connectivity index (χ1) is 10.2. The Morgan fingerprint density at radius 3 is 2.76 bits per heavy atom. The zero-order valence-corrected chi connectivity index (χ0v) is 11.9. The molecule has 3 aromatic rings. The van der Waals surface area contributed by atoms with Gasteiger partial charge in [-0.1, -0.05) is 18.2 Å². The maximum absolute atomic E-state index is 12.0. The summed E-state index contributed by atoms with van der Waals surface area (Å²) in [5, 5.41) is 0.799. The first-order valence-electron chi connectivity index (χ1n) is 6.63. The van der Waals surface area contributed by atoms with Gasteiger partial charge in [0.25, 0.3) is 0 Å². The molecule has 21 heavy (non-hydrogen) atoms. The maximum Gasteiger partial charge on any atom is 0.338 e. The Labute approximate surface area is 122 Å². The number of pyridine rings is 2. The number of carbonyl (C=O) groups is 1. The number of fused-ring (bicyclic) bond motifs is 1. The van der Waals surface area contributed by atoms with Crippen LogP contribution in [0.2, 0.25) is 0 Å². The van der Waals surface area contributed by atoms with Gasteiger partial charge in [0.05, 0.1) is 29.4 Å². The molecule has 0 saturated heterocycles. The summed E-state index contributed by atoms with van der Waals surface area (Å²) in [6, 6.07) is 13.3. The molecule has 4 heteroatoms. The molecule has 3 rings (SSSR count). The van der Waals surface area contributed by atoms with E-state index in [1.54, 1.807) is 6.07 Å². The Hall–Kier alpha value is -2.75. The van der Waals surface area contributed by atoms with Crippen LogP contribution in [0.4, 0.5) is 0 Å². The fraction of sp³-hybridized carbons (Fsp3) is 0.118. The molecule has 0 unspecified atom stereocenters. The summed E-state index contributed by atoms with van der Waals surface area (Å²) in [6.07, 6.45) is 3.92. The van der Waals surface area contributed by atoms with E-state index < -0.39 is 0 Å². The van der Waals surface area contributed by atoms with Crippen molar-refractivity contribution in [1.29, 1.82) is 0 Å². The van der Waals surface area contributed by atoms with Gasteiger partial charge in [0.1, 0.15) is 7.05 Å². The first-order valence-corrected chi connectivity index (χ1v) is 6.63. The highest BCUT2D eigenvalue weighted by molar-refractivity contribution is 6.04. The smallest absolute Gasteiger partial charge is 0.338 e. The third kappa shape index (κ3) is 2.48. The number of rotatable bonds is 2. The third-order valence-electron chi connectivity index (χ3n) is 3.36. The van der Waals surface area contributed by atoms with E-state index in [0.717, 1.165) is 22.2 Å². The number of para-hydroxylation sites is 1. The maximum atomic E-state index is 12.0. The molecular formula is C17H15N2O2+. The van der Waals surface area contributed by atoms with Crippen molar-refractivity contribution in [3.63, 3.8) is 0 Å². The minimum atomic E-state index is -0.352. The molecule has 0 fully saturated rings. The van der Waals surface area contributed by atoms with Crippen LogP contribution in [0.3, 0.4) is 0 Å². The molecule has 0 aliphatic rings. The number of aromatic nitrogens is 2. The van der Waals surface area contributed by atoms with E-state index in [-0.39, 0.29) is 5.97 Å². The van der Waals surface area contributed by atoms with Crippen LogP contribution in [0.5, 0.6) is 0 Å². The predicted octanol–water partition coefficient (Wildman–Crippen LogP) is 2.51. The van der Waals surface area contributed by atoms with Crippen LogP contribution >= 0.6 is 0 Å². The van der Waals surface area contributed by atoms with Crippen LogP contribution in [0, 0.1) is 0 Å². The zero-order valence-electron chi connectivity index (χ0n) is 11.9. The number of carbonyl (C=O) groups excluding carboxylic acids is 1. The number of methoxy groups -OCH3 is 1. The minimum absolute atomic E-state index is 0.352. The van der Waals surface area contributed by atoms with E-state index in [0.29, 0.717) is 5.56 Å². The van der Waals surface area contributed by atoms with Crippen molar-refractivity contribution in [2.75, 3.05) is 7.11 Å². The summed E-state index contributed by atoms with van der Waals surface area (Å²) in [6.45, 7) is 0. The van der Waals surface area contributed by atoms with Crippen LogP contribution in [0.1, 0.15) is 10.4 Å². The van der Waals surface area contributed by atoms with Crippen molar-refractivity contribution in [2.45, 2.75) is 0 Å². The molecule has 2 aromatic heterocycles. The first kappa shape index (κ1) is 13.2. The van der Waals surface area contributed by atoms with E-state index in [2.05, 4.69) is 4.98 Å². The Morgan fingerprint density at radius 1 is 1.19 bits per heavy atom. The van der Waals surface area contributed by atoms with Crippen molar-refractivity contribution in [3.8, 4) is 11.3 Å². The Bertz CT molecular complexity index is 828. The second-order valence-corrected chi connectivity index (χ2v) is 4.82. The number of hydrogen-bond donors (Lipinski definition) is 0. The second kappa shape index (κ2) is 5.32. The molecule has 0 bridgehead atoms. The van der Waals surface area contributed by atoms with Gasteiger partial charge in [0.2, 0.25) is 0 Å². The number of ether oxygens (including phenoxy) is 1. The molecule has 0 saturated carbocycles. The highest BCUT2D eigenvalue weighted by atomic mass is 16.5. The van der Waals surface area contributed by atoms with Gasteiger partial charge in [-0.3, -0.25) is 0 Å². The van der Waals surface area contributed by atoms with Gasteiger partial charge in [-0.25, -0.2) is 14.3 Å². The summed E-state index contributed by atoms with van der Waals surface area (Å²) in [5.41, 5.74) is 3.02.